The lowest BCUT2D eigenvalue weighted by Crippen LogP contribution is -2.62. The summed E-state index contributed by atoms with van der Waals surface area (Å²) in [7, 11) is 4.50. The Hall–Kier alpha value is -1.35. The van der Waals surface area contributed by atoms with Crippen molar-refractivity contribution in [3.05, 3.63) is 35.9 Å². The lowest BCUT2D eigenvalue weighted by Gasteiger charge is -2.54. The van der Waals surface area contributed by atoms with E-state index in [0.717, 1.165) is 29.6 Å². The molecule has 1 aliphatic heterocycles. The molecule has 1 aromatic rings. The van der Waals surface area contributed by atoms with Gasteiger partial charge in [0.1, 0.15) is 0 Å². The van der Waals surface area contributed by atoms with E-state index in [2.05, 4.69) is 40.1 Å². The topological polar surface area (TPSA) is 26.3 Å². The minimum atomic E-state index is -0.519. The normalized spacial score (nSPS) is 27.1. The molecule has 1 aliphatic rings. The highest BCUT2D eigenvalue weighted by molar-refractivity contribution is 5.70. The van der Waals surface area contributed by atoms with Crippen LogP contribution in [0.3, 0.4) is 0 Å². The summed E-state index contributed by atoms with van der Waals surface area (Å²) in [6.07, 6.45) is 1.28. The van der Waals surface area contributed by atoms with Gasteiger partial charge in [-0.3, -0.25) is 4.79 Å². The summed E-state index contributed by atoms with van der Waals surface area (Å²) in [4.78, 5) is 12.1. The van der Waals surface area contributed by atoms with Crippen molar-refractivity contribution in [2.75, 3.05) is 27.2 Å². The number of ether oxygens (including phenoxy) is 1. The predicted octanol–water partition coefficient (Wildman–Crippen LogP) is 3.34. The number of likely N-dealkylation sites (tertiary alicyclic amines) is 1. The van der Waals surface area contributed by atoms with Crippen LogP contribution in [0.1, 0.15) is 39.2 Å². The summed E-state index contributed by atoms with van der Waals surface area (Å²) >= 11 is 0. The predicted molar refractivity (Wildman–Crippen MR) is 84.7 cm³/mol. The van der Waals surface area contributed by atoms with Gasteiger partial charge < -0.3 is 9.22 Å². The number of carbonyl (C=O) groups is 1. The largest absolute Gasteiger partial charge is 0.453 e. The van der Waals surface area contributed by atoms with Crippen LogP contribution in [-0.4, -0.2) is 37.6 Å². The van der Waals surface area contributed by atoms with E-state index in [0.29, 0.717) is 6.42 Å². The Kier molecular flexibility index (Phi) is 4.16. The average Bonchev–Trinajstić information content (AvgIpc) is 2.41. The van der Waals surface area contributed by atoms with Gasteiger partial charge in [-0.25, -0.2) is 0 Å². The minimum Gasteiger partial charge on any atom is -0.453 e. The molecule has 0 N–H and O–H groups in total. The van der Waals surface area contributed by atoms with Crippen LogP contribution in [0, 0.1) is 5.41 Å². The zero-order chi connectivity index (χ0) is 15.7. The molecule has 0 aromatic heterocycles. The van der Waals surface area contributed by atoms with Gasteiger partial charge in [0.2, 0.25) is 0 Å². The van der Waals surface area contributed by atoms with Crippen molar-refractivity contribution in [1.82, 2.24) is 0 Å². The second-order valence-electron chi connectivity index (χ2n) is 7.47. The standard InChI is InChI=1S/C18H28NO2/c1-6-16(20)21-18(15-10-8-7-9-11-15)12-13-19(4,5)14-17(18,2)3/h7-11H,6,12-14H2,1-5H3/q+1. The zero-order valence-corrected chi connectivity index (χ0v) is 14.0. The summed E-state index contributed by atoms with van der Waals surface area (Å²) < 4.78 is 7.04. The summed E-state index contributed by atoms with van der Waals surface area (Å²) in [5.41, 5.74) is 0.493. The van der Waals surface area contributed by atoms with Gasteiger partial charge in [0.05, 0.1) is 32.6 Å². The van der Waals surface area contributed by atoms with E-state index in [4.69, 9.17) is 4.74 Å². The first-order chi connectivity index (χ1) is 9.72. The van der Waals surface area contributed by atoms with Crippen molar-refractivity contribution < 1.29 is 14.0 Å². The summed E-state index contributed by atoms with van der Waals surface area (Å²) in [6, 6.07) is 10.3. The molecule has 1 atom stereocenters. The molecule has 1 unspecified atom stereocenters. The summed E-state index contributed by atoms with van der Waals surface area (Å²) in [5, 5.41) is 0. The molecule has 3 nitrogen and oxygen atoms in total. The Morgan fingerprint density at radius 3 is 2.38 bits per heavy atom. The maximum atomic E-state index is 12.1. The smallest absolute Gasteiger partial charge is 0.306 e. The highest BCUT2D eigenvalue weighted by Gasteiger charge is 2.56. The van der Waals surface area contributed by atoms with Crippen molar-refractivity contribution in [1.29, 1.82) is 0 Å². The SMILES string of the molecule is CCC(=O)OC1(c2ccccc2)CC[N+](C)(C)CC1(C)C. The number of piperidine rings is 1. The molecule has 21 heavy (non-hydrogen) atoms. The van der Waals surface area contributed by atoms with Crippen LogP contribution in [-0.2, 0) is 15.1 Å². The molecule has 1 heterocycles. The lowest BCUT2D eigenvalue weighted by molar-refractivity contribution is -0.906. The second-order valence-corrected chi connectivity index (χ2v) is 7.47. The van der Waals surface area contributed by atoms with Crippen LogP contribution in [0.2, 0.25) is 0 Å². The third-order valence-electron chi connectivity index (χ3n) is 4.80. The number of hydrogen-bond donors (Lipinski definition) is 0. The van der Waals surface area contributed by atoms with Crippen LogP contribution in [0.25, 0.3) is 0 Å². The molecule has 0 bridgehead atoms. The fourth-order valence-electron chi connectivity index (χ4n) is 3.83. The van der Waals surface area contributed by atoms with Gasteiger partial charge in [0, 0.05) is 12.8 Å². The molecule has 116 valence electrons. The molecule has 0 amide bonds. The first-order valence-corrected chi connectivity index (χ1v) is 7.82. The third-order valence-corrected chi connectivity index (χ3v) is 4.80. The Morgan fingerprint density at radius 1 is 1.24 bits per heavy atom. The molecule has 1 aromatic carbocycles. The van der Waals surface area contributed by atoms with Gasteiger partial charge >= 0.3 is 5.97 Å². The van der Waals surface area contributed by atoms with Crippen molar-refractivity contribution in [3.8, 4) is 0 Å². The van der Waals surface area contributed by atoms with Crippen LogP contribution in [0.15, 0.2) is 30.3 Å². The lowest BCUT2D eigenvalue weighted by atomic mass is 9.65. The molecule has 1 saturated heterocycles. The molecule has 2 rings (SSSR count). The minimum absolute atomic E-state index is 0.110. The van der Waals surface area contributed by atoms with E-state index in [1.807, 2.05) is 25.1 Å². The van der Waals surface area contributed by atoms with Crippen LogP contribution < -0.4 is 0 Å². The number of nitrogens with zero attached hydrogens (tertiary/aromatic N) is 1. The van der Waals surface area contributed by atoms with Gasteiger partial charge in [-0.15, -0.1) is 0 Å². The molecule has 0 spiro atoms. The van der Waals surface area contributed by atoms with Gasteiger partial charge in [0.25, 0.3) is 0 Å². The Labute approximate surface area is 128 Å². The Bertz CT molecular complexity index is 507. The molecule has 1 fully saturated rings. The fourth-order valence-corrected chi connectivity index (χ4v) is 3.83. The second kappa shape index (κ2) is 5.45. The zero-order valence-electron chi connectivity index (χ0n) is 14.0. The molecule has 3 heteroatoms. The number of quaternary nitrogens is 1. The number of carbonyl (C=O) groups excluding carboxylic acids is 1. The van der Waals surface area contributed by atoms with Gasteiger partial charge in [-0.2, -0.15) is 0 Å². The van der Waals surface area contributed by atoms with Gasteiger partial charge in [-0.1, -0.05) is 51.1 Å². The van der Waals surface area contributed by atoms with E-state index in [1.54, 1.807) is 0 Å². The van der Waals surface area contributed by atoms with Crippen LogP contribution in [0.5, 0.6) is 0 Å². The first kappa shape index (κ1) is 16.0. The van der Waals surface area contributed by atoms with Crippen LogP contribution >= 0.6 is 0 Å². The average molecular weight is 290 g/mol. The van der Waals surface area contributed by atoms with E-state index in [9.17, 15) is 4.79 Å². The van der Waals surface area contributed by atoms with Gasteiger partial charge in [0.15, 0.2) is 5.60 Å². The molecule has 0 saturated carbocycles. The van der Waals surface area contributed by atoms with Crippen molar-refractivity contribution in [2.45, 2.75) is 39.2 Å². The quantitative estimate of drug-likeness (QED) is 0.630. The number of hydrogen-bond acceptors (Lipinski definition) is 2. The van der Waals surface area contributed by atoms with E-state index < -0.39 is 5.60 Å². The molecular weight excluding hydrogens is 262 g/mol. The summed E-state index contributed by atoms with van der Waals surface area (Å²) in [5.74, 6) is -0.112. The Morgan fingerprint density at radius 2 is 1.86 bits per heavy atom. The maximum absolute atomic E-state index is 12.1. The van der Waals surface area contributed by atoms with Crippen molar-refractivity contribution >= 4 is 5.97 Å². The highest BCUT2D eigenvalue weighted by Crippen LogP contribution is 2.50. The Balaban J connectivity index is 2.49. The van der Waals surface area contributed by atoms with Gasteiger partial charge in [-0.05, 0) is 5.56 Å². The highest BCUT2D eigenvalue weighted by atomic mass is 16.6. The number of esters is 1. The van der Waals surface area contributed by atoms with E-state index in [-0.39, 0.29) is 11.4 Å². The molecule has 0 radical (unpaired) electrons. The fraction of sp³-hybridized carbons (Fsp3) is 0.611. The molecular formula is C18H28NO2+. The maximum Gasteiger partial charge on any atom is 0.306 e. The van der Waals surface area contributed by atoms with E-state index in [1.165, 1.54) is 0 Å². The van der Waals surface area contributed by atoms with E-state index >= 15 is 0 Å². The monoisotopic (exact) mass is 290 g/mol. The number of benzene rings is 1. The first-order valence-electron chi connectivity index (χ1n) is 7.82. The summed E-state index contributed by atoms with van der Waals surface area (Å²) in [6.45, 7) is 8.30. The number of rotatable bonds is 3. The third kappa shape index (κ3) is 2.98. The van der Waals surface area contributed by atoms with Crippen molar-refractivity contribution in [3.63, 3.8) is 0 Å². The van der Waals surface area contributed by atoms with Crippen molar-refractivity contribution in [2.24, 2.45) is 5.41 Å². The molecule has 0 aliphatic carbocycles. The van der Waals surface area contributed by atoms with Crippen LogP contribution in [0.4, 0.5) is 0 Å².